The van der Waals surface area contributed by atoms with E-state index in [9.17, 15) is 5.11 Å². The first-order valence-electron chi connectivity index (χ1n) is 5.77. The zero-order chi connectivity index (χ0) is 13.3. The van der Waals surface area contributed by atoms with E-state index in [-0.39, 0.29) is 0 Å². The molecule has 2 heterocycles. The molecular weight excluding hydrogens is 250 g/mol. The van der Waals surface area contributed by atoms with Gasteiger partial charge in [0.1, 0.15) is 0 Å². The van der Waals surface area contributed by atoms with Gasteiger partial charge in [-0.25, -0.2) is 0 Å². The highest BCUT2D eigenvalue weighted by molar-refractivity contribution is 6.31. The monoisotopic (exact) mass is 265 g/mol. The molecular formula is C13H16ClN3O. The molecule has 1 N–H and O–H groups in total. The van der Waals surface area contributed by atoms with Gasteiger partial charge in [0.05, 0.1) is 22.5 Å². The number of rotatable bonds is 3. The van der Waals surface area contributed by atoms with Crippen LogP contribution in [0, 0.1) is 13.8 Å². The van der Waals surface area contributed by atoms with Gasteiger partial charge in [-0.2, -0.15) is 5.10 Å². The number of nitrogens with zero attached hydrogens (tertiary/aromatic N) is 3. The Morgan fingerprint density at radius 2 is 2.17 bits per heavy atom. The highest BCUT2D eigenvalue weighted by Gasteiger charge is 2.17. The minimum atomic E-state index is -0.619. The smallest absolute Gasteiger partial charge is 0.0863 e. The standard InChI is InChI=1S/C13H16ClN3O/c1-8-4-5-15-7-10(8)12(18)6-11-13(14)9(2)16-17(11)3/h4-5,7,12,18H,6H2,1-3H3. The summed E-state index contributed by atoms with van der Waals surface area (Å²) >= 11 is 6.18. The Labute approximate surface area is 111 Å². The topological polar surface area (TPSA) is 50.9 Å². The van der Waals surface area contributed by atoms with E-state index in [0.29, 0.717) is 11.4 Å². The van der Waals surface area contributed by atoms with Gasteiger partial charge in [-0.15, -0.1) is 0 Å². The number of halogens is 1. The molecule has 2 rings (SSSR count). The quantitative estimate of drug-likeness (QED) is 0.927. The maximum Gasteiger partial charge on any atom is 0.0863 e. The molecule has 0 aliphatic rings. The molecule has 2 aromatic heterocycles. The average molecular weight is 266 g/mol. The molecule has 1 unspecified atom stereocenters. The summed E-state index contributed by atoms with van der Waals surface area (Å²) in [7, 11) is 1.83. The third kappa shape index (κ3) is 2.40. The Morgan fingerprint density at radius 3 is 2.72 bits per heavy atom. The molecule has 0 radical (unpaired) electrons. The lowest BCUT2D eigenvalue weighted by Gasteiger charge is -2.13. The van der Waals surface area contributed by atoms with Crippen molar-refractivity contribution in [2.75, 3.05) is 0 Å². The summed E-state index contributed by atoms with van der Waals surface area (Å²) in [6, 6.07) is 1.88. The van der Waals surface area contributed by atoms with Gasteiger partial charge in [-0.3, -0.25) is 9.67 Å². The summed E-state index contributed by atoms with van der Waals surface area (Å²) in [5, 5.41) is 15.1. The van der Waals surface area contributed by atoms with Gasteiger partial charge in [0, 0.05) is 31.4 Å². The normalized spacial score (nSPS) is 12.7. The van der Waals surface area contributed by atoms with Gasteiger partial charge in [-0.05, 0) is 25.5 Å². The van der Waals surface area contributed by atoms with E-state index in [0.717, 1.165) is 22.5 Å². The summed E-state index contributed by atoms with van der Waals surface area (Å²) in [6.07, 6.45) is 3.22. The lowest BCUT2D eigenvalue weighted by molar-refractivity contribution is 0.174. The molecule has 1 atom stereocenters. The van der Waals surface area contributed by atoms with Gasteiger partial charge in [0.2, 0.25) is 0 Å². The molecule has 0 bridgehead atoms. The SMILES string of the molecule is Cc1ccncc1C(O)Cc1c(Cl)c(C)nn1C. The Morgan fingerprint density at radius 1 is 1.44 bits per heavy atom. The Bertz CT molecular complexity index is 565. The largest absolute Gasteiger partial charge is 0.388 e. The van der Waals surface area contributed by atoms with E-state index in [1.807, 2.05) is 27.0 Å². The fraction of sp³-hybridized carbons (Fsp3) is 0.385. The van der Waals surface area contributed by atoms with Crippen LogP contribution >= 0.6 is 11.6 Å². The maximum atomic E-state index is 10.3. The van der Waals surface area contributed by atoms with E-state index in [1.165, 1.54) is 0 Å². The molecule has 2 aromatic rings. The molecule has 4 nitrogen and oxygen atoms in total. The molecule has 0 saturated heterocycles. The lowest BCUT2D eigenvalue weighted by Crippen LogP contribution is -2.08. The third-order valence-corrected chi connectivity index (χ3v) is 3.58. The highest BCUT2D eigenvalue weighted by atomic mass is 35.5. The second-order valence-corrected chi connectivity index (χ2v) is 4.80. The highest BCUT2D eigenvalue weighted by Crippen LogP contribution is 2.26. The Balaban J connectivity index is 2.27. The van der Waals surface area contributed by atoms with Gasteiger partial charge >= 0.3 is 0 Å². The second-order valence-electron chi connectivity index (χ2n) is 4.42. The van der Waals surface area contributed by atoms with Crippen molar-refractivity contribution < 1.29 is 5.11 Å². The first kappa shape index (κ1) is 13.1. The molecule has 0 aliphatic carbocycles. The van der Waals surface area contributed by atoms with Crippen LogP contribution in [0.15, 0.2) is 18.5 Å². The summed E-state index contributed by atoms with van der Waals surface area (Å²) < 4.78 is 1.71. The van der Waals surface area contributed by atoms with Crippen molar-refractivity contribution in [3.05, 3.63) is 46.0 Å². The number of aliphatic hydroxyl groups excluding tert-OH is 1. The zero-order valence-corrected chi connectivity index (χ0v) is 11.4. The Kier molecular flexibility index (Phi) is 3.68. The first-order valence-corrected chi connectivity index (χ1v) is 6.15. The molecule has 0 saturated carbocycles. The molecule has 18 heavy (non-hydrogen) atoms. The van der Waals surface area contributed by atoms with Crippen molar-refractivity contribution in [1.29, 1.82) is 0 Å². The minimum absolute atomic E-state index is 0.433. The van der Waals surface area contributed by atoms with Crippen molar-refractivity contribution in [2.45, 2.75) is 26.4 Å². The lowest BCUT2D eigenvalue weighted by atomic mass is 10.0. The van der Waals surface area contributed by atoms with Gasteiger partial charge in [0.25, 0.3) is 0 Å². The molecule has 0 aliphatic heterocycles. The zero-order valence-electron chi connectivity index (χ0n) is 10.7. The van der Waals surface area contributed by atoms with Crippen LogP contribution in [0.5, 0.6) is 0 Å². The minimum Gasteiger partial charge on any atom is -0.388 e. The van der Waals surface area contributed by atoms with E-state index >= 15 is 0 Å². The van der Waals surface area contributed by atoms with Crippen LogP contribution in [0.25, 0.3) is 0 Å². The van der Waals surface area contributed by atoms with Crippen LogP contribution in [-0.2, 0) is 13.5 Å². The van der Waals surface area contributed by atoms with Crippen LogP contribution in [0.4, 0.5) is 0 Å². The van der Waals surface area contributed by atoms with Crippen LogP contribution in [-0.4, -0.2) is 19.9 Å². The van der Waals surface area contributed by atoms with E-state index in [1.54, 1.807) is 17.1 Å². The number of aromatic nitrogens is 3. The molecule has 0 aromatic carbocycles. The predicted octanol–water partition coefficient (Wildman–Crippen LogP) is 2.36. The second kappa shape index (κ2) is 5.08. The van der Waals surface area contributed by atoms with Crippen LogP contribution in [0.2, 0.25) is 5.02 Å². The fourth-order valence-electron chi connectivity index (χ4n) is 2.02. The summed E-state index contributed by atoms with van der Waals surface area (Å²) in [5.41, 5.74) is 3.47. The number of aryl methyl sites for hydroxylation is 3. The summed E-state index contributed by atoms with van der Waals surface area (Å²) in [6.45, 7) is 3.81. The Hall–Kier alpha value is -1.39. The predicted molar refractivity (Wildman–Crippen MR) is 70.6 cm³/mol. The van der Waals surface area contributed by atoms with Crippen LogP contribution in [0.1, 0.15) is 28.6 Å². The molecule has 0 spiro atoms. The maximum absolute atomic E-state index is 10.3. The molecule has 0 fully saturated rings. The summed E-state index contributed by atoms with van der Waals surface area (Å²) in [5.74, 6) is 0. The number of hydrogen-bond acceptors (Lipinski definition) is 3. The third-order valence-electron chi connectivity index (χ3n) is 3.09. The van der Waals surface area contributed by atoms with Crippen LogP contribution < -0.4 is 0 Å². The van der Waals surface area contributed by atoms with E-state index in [4.69, 9.17) is 11.6 Å². The fourth-order valence-corrected chi connectivity index (χ4v) is 2.26. The van der Waals surface area contributed by atoms with E-state index in [2.05, 4.69) is 10.1 Å². The first-order chi connectivity index (χ1) is 8.50. The molecule has 0 amide bonds. The van der Waals surface area contributed by atoms with Crippen molar-refractivity contribution in [3.8, 4) is 0 Å². The van der Waals surface area contributed by atoms with Gasteiger partial charge in [0.15, 0.2) is 0 Å². The molecule has 5 heteroatoms. The van der Waals surface area contributed by atoms with Crippen molar-refractivity contribution in [3.63, 3.8) is 0 Å². The summed E-state index contributed by atoms with van der Waals surface area (Å²) in [4.78, 5) is 4.04. The average Bonchev–Trinajstić information content (AvgIpc) is 2.56. The van der Waals surface area contributed by atoms with Crippen molar-refractivity contribution in [2.24, 2.45) is 7.05 Å². The van der Waals surface area contributed by atoms with Crippen molar-refractivity contribution in [1.82, 2.24) is 14.8 Å². The van der Waals surface area contributed by atoms with Gasteiger partial charge in [-0.1, -0.05) is 11.6 Å². The van der Waals surface area contributed by atoms with Gasteiger partial charge < -0.3 is 5.11 Å². The number of hydrogen-bond donors (Lipinski definition) is 1. The van der Waals surface area contributed by atoms with E-state index < -0.39 is 6.10 Å². The molecule has 96 valence electrons. The number of pyridine rings is 1. The van der Waals surface area contributed by atoms with Crippen molar-refractivity contribution >= 4 is 11.6 Å². The van der Waals surface area contributed by atoms with Crippen LogP contribution in [0.3, 0.4) is 0 Å². The number of aliphatic hydroxyl groups is 1.